The number of benzene rings is 1. The van der Waals surface area contributed by atoms with Gasteiger partial charge in [-0.05, 0) is 37.0 Å². The predicted octanol–water partition coefficient (Wildman–Crippen LogP) is 2.94. The smallest absolute Gasteiger partial charge is 0.336 e. The fourth-order valence-corrected chi connectivity index (χ4v) is 1.98. The first-order chi connectivity index (χ1) is 6.57. The van der Waals surface area contributed by atoms with Crippen LogP contribution in [0, 0.1) is 13.8 Å². The highest BCUT2D eigenvalue weighted by Gasteiger charge is 2.14. The van der Waals surface area contributed by atoms with Crippen molar-refractivity contribution in [3.05, 3.63) is 34.4 Å². The van der Waals surface area contributed by atoms with Crippen molar-refractivity contribution >= 4 is 21.9 Å². The van der Waals surface area contributed by atoms with Gasteiger partial charge in [-0.3, -0.25) is 0 Å². The number of hydrogen-bond acceptors (Lipinski definition) is 1. The van der Waals surface area contributed by atoms with E-state index in [1.165, 1.54) is 0 Å². The minimum Gasteiger partial charge on any atom is -0.478 e. The Morgan fingerprint density at radius 1 is 1.36 bits per heavy atom. The minimum atomic E-state index is -0.831. The lowest BCUT2D eigenvalue weighted by atomic mass is 9.95. The molecule has 0 saturated heterocycles. The number of carbonyl (C=O) groups is 1. The molecule has 2 nitrogen and oxygen atoms in total. The van der Waals surface area contributed by atoms with Crippen molar-refractivity contribution in [2.75, 3.05) is 5.33 Å². The number of alkyl halides is 1. The molecule has 3 heteroatoms. The van der Waals surface area contributed by atoms with E-state index in [-0.39, 0.29) is 0 Å². The van der Waals surface area contributed by atoms with Gasteiger partial charge in [0.05, 0.1) is 5.56 Å². The van der Waals surface area contributed by atoms with E-state index in [0.29, 0.717) is 5.56 Å². The van der Waals surface area contributed by atoms with Crippen molar-refractivity contribution in [3.8, 4) is 0 Å². The Morgan fingerprint density at radius 2 is 1.93 bits per heavy atom. The molecular formula is C11H13BrO2. The fraction of sp³-hybridized carbons (Fsp3) is 0.364. The summed E-state index contributed by atoms with van der Waals surface area (Å²) in [6.45, 7) is 3.78. The fourth-order valence-electron chi connectivity index (χ4n) is 1.58. The average molecular weight is 257 g/mol. The van der Waals surface area contributed by atoms with Crippen LogP contribution in [0.5, 0.6) is 0 Å². The quantitative estimate of drug-likeness (QED) is 0.845. The van der Waals surface area contributed by atoms with Gasteiger partial charge >= 0.3 is 5.97 Å². The van der Waals surface area contributed by atoms with Crippen LogP contribution in [-0.2, 0) is 6.42 Å². The number of hydrogen-bond donors (Lipinski definition) is 1. The van der Waals surface area contributed by atoms with Crippen LogP contribution >= 0.6 is 15.9 Å². The molecule has 76 valence electrons. The van der Waals surface area contributed by atoms with Crippen LogP contribution in [0.1, 0.15) is 27.0 Å². The molecule has 1 N–H and O–H groups in total. The molecule has 0 bridgehead atoms. The van der Waals surface area contributed by atoms with E-state index in [9.17, 15) is 4.79 Å². The zero-order valence-corrected chi connectivity index (χ0v) is 9.89. The topological polar surface area (TPSA) is 37.3 Å². The van der Waals surface area contributed by atoms with Gasteiger partial charge in [0.1, 0.15) is 0 Å². The SMILES string of the molecule is Cc1ccc(C)c(C(=O)O)c1CCBr. The second kappa shape index (κ2) is 4.60. The van der Waals surface area contributed by atoms with Gasteiger partial charge in [-0.2, -0.15) is 0 Å². The number of rotatable bonds is 3. The van der Waals surface area contributed by atoms with Crippen molar-refractivity contribution in [1.29, 1.82) is 0 Å². The van der Waals surface area contributed by atoms with Gasteiger partial charge in [0.25, 0.3) is 0 Å². The van der Waals surface area contributed by atoms with Gasteiger partial charge < -0.3 is 5.11 Å². The van der Waals surface area contributed by atoms with Crippen molar-refractivity contribution in [1.82, 2.24) is 0 Å². The summed E-state index contributed by atoms with van der Waals surface area (Å²) in [4.78, 5) is 11.1. The molecule has 0 fully saturated rings. The molecule has 0 aliphatic rings. The summed E-state index contributed by atoms with van der Waals surface area (Å²) >= 11 is 3.34. The maximum Gasteiger partial charge on any atom is 0.336 e. The molecule has 1 aromatic rings. The van der Waals surface area contributed by atoms with Crippen molar-refractivity contribution in [3.63, 3.8) is 0 Å². The first-order valence-electron chi connectivity index (χ1n) is 4.46. The summed E-state index contributed by atoms with van der Waals surface area (Å²) in [5, 5.41) is 9.87. The Hall–Kier alpha value is -0.830. The minimum absolute atomic E-state index is 0.462. The second-order valence-corrected chi connectivity index (χ2v) is 4.09. The number of aromatic carboxylic acids is 1. The van der Waals surface area contributed by atoms with Gasteiger partial charge in [0.2, 0.25) is 0 Å². The summed E-state index contributed by atoms with van der Waals surface area (Å²) in [5.74, 6) is -0.831. The molecule has 0 radical (unpaired) electrons. The highest BCUT2D eigenvalue weighted by Crippen LogP contribution is 2.19. The maximum atomic E-state index is 11.1. The van der Waals surface area contributed by atoms with Crippen molar-refractivity contribution in [2.24, 2.45) is 0 Å². The Kier molecular flexibility index (Phi) is 3.69. The summed E-state index contributed by atoms with van der Waals surface area (Å²) in [6.07, 6.45) is 0.759. The molecule has 0 heterocycles. The van der Waals surface area contributed by atoms with Gasteiger partial charge in [-0.1, -0.05) is 28.1 Å². The lowest BCUT2D eigenvalue weighted by molar-refractivity contribution is 0.0695. The largest absolute Gasteiger partial charge is 0.478 e. The molecule has 0 saturated carbocycles. The lowest BCUT2D eigenvalue weighted by Crippen LogP contribution is -2.07. The van der Waals surface area contributed by atoms with Crippen LogP contribution in [0.25, 0.3) is 0 Å². The van der Waals surface area contributed by atoms with Crippen LogP contribution in [0.4, 0.5) is 0 Å². The molecule has 0 spiro atoms. The summed E-state index contributed by atoms with van der Waals surface area (Å²) in [5.41, 5.74) is 3.28. The third-order valence-electron chi connectivity index (χ3n) is 2.31. The number of aryl methyl sites for hydroxylation is 2. The van der Waals surface area contributed by atoms with E-state index < -0.39 is 5.97 Å². The van der Waals surface area contributed by atoms with E-state index >= 15 is 0 Å². The molecule has 14 heavy (non-hydrogen) atoms. The Bertz CT molecular complexity index is 359. The lowest BCUT2D eigenvalue weighted by Gasteiger charge is -2.10. The van der Waals surface area contributed by atoms with E-state index in [0.717, 1.165) is 28.4 Å². The molecule has 0 aliphatic heterocycles. The Balaban J connectivity index is 3.33. The highest BCUT2D eigenvalue weighted by molar-refractivity contribution is 9.09. The number of carboxylic acids is 1. The first-order valence-corrected chi connectivity index (χ1v) is 5.58. The zero-order chi connectivity index (χ0) is 10.7. The van der Waals surface area contributed by atoms with E-state index in [4.69, 9.17) is 5.11 Å². The standard InChI is InChI=1S/C11H13BrO2/c1-7-3-4-8(2)10(11(13)14)9(7)5-6-12/h3-4H,5-6H2,1-2H3,(H,13,14). The summed E-state index contributed by atoms with van der Waals surface area (Å²) < 4.78 is 0. The van der Waals surface area contributed by atoms with Crippen LogP contribution in [0.15, 0.2) is 12.1 Å². The Morgan fingerprint density at radius 3 is 2.43 bits per heavy atom. The molecule has 0 amide bonds. The predicted molar refractivity (Wildman–Crippen MR) is 60.4 cm³/mol. The third kappa shape index (κ3) is 2.15. The van der Waals surface area contributed by atoms with Crippen LogP contribution in [0.3, 0.4) is 0 Å². The molecular weight excluding hydrogens is 244 g/mol. The van der Waals surface area contributed by atoms with Crippen molar-refractivity contribution in [2.45, 2.75) is 20.3 Å². The van der Waals surface area contributed by atoms with Gasteiger partial charge in [0.15, 0.2) is 0 Å². The highest BCUT2D eigenvalue weighted by atomic mass is 79.9. The Labute approximate surface area is 92.1 Å². The van der Waals surface area contributed by atoms with Crippen LogP contribution in [0.2, 0.25) is 0 Å². The van der Waals surface area contributed by atoms with Gasteiger partial charge in [0, 0.05) is 5.33 Å². The molecule has 0 unspecified atom stereocenters. The van der Waals surface area contributed by atoms with Crippen LogP contribution in [-0.4, -0.2) is 16.4 Å². The molecule has 0 aromatic heterocycles. The normalized spacial score (nSPS) is 10.2. The third-order valence-corrected chi connectivity index (χ3v) is 2.71. The zero-order valence-electron chi connectivity index (χ0n) is 8.30. The van der Waals surface area contributed by atoms with Crippen LogP contribution < -0.4 is 0 Å². The molecule has 0 aliphatic carbocycles. The monoisotopic (exact) mass is 256 g/mol. The molecule has 1 aromatic carbocycles. The maximum absolute atomic E-state index is 11.1. The van der Waals surface area contributed by atoms with E-state index in [1.54, 1.807) is 0 Å². The summed E-state index contributed by atoms with van der Waals surface area (Å²) in [7, 11) is 0. The van der Waals surface area contributed by atoms with Crippen molar-refractivity contribution < 1.29 is 9.90 Å². The number of halogens is 1. The molecule has 1 rings (SSSR count). The van der Waals surface area contributed by atoms with Gasteiger partial charge in [-0.15, -0.1) is 0 Å². The second-order valence-electron chi connectivity index (χ2n) is 3.30. The number of carboxylic acid groups (broad SMARTS) is 1. The van der Waals surface area contributed by atoms with Gasteiger partial charge in [-0.25, -0.2) is 4.79 Å². The summed E-state index contributed by atoms with van der Waals surface area (Å²) in [6, 6.07) is 3.83. The average Bonchev–Trinajstić information content (AvgIpc) is 2.11. The van der Waals surface area contributed by atoms with E-state index in [2.05, 4.69) is 15.9 Å². The molecule has 0 atom stereocenters. The van der Waals surface area contributed by atoms with E-state index in [1.807, 2.05) is 26.0 Å². The first kappa shape index (κ1) is 11.2.